The second-order valence-corrected chi connectivity index (χ2v) is 6.28. The maximum atomic E-state index is 5.67. The van der Waals surface area contributed by atoms with Gasteiger partial charge in [0.15, 0.2) is 5.82 Å². The van der Waals surface area contributed by atoms with Crippen LogP contribution in [0.15, 0.2) is 24.3 Å². The van der Waals surface area contributed by atoms with Crippen LogP contribution in [0, 0.1) is 4.77 Å². The lowest BCUT2D eigenvalue weighted by Gasteiger charge is -2.36. The molecule has 1 aliphatic rings. The first-order valence-electron chi connectivity index (χ1n) is 7.73. The summed E-state index contributed by atoms with van der Waals surface area (Å²) in [5.41, 5.74) is 0.985. The van der Waals surface area contributed by atoms with Crippen LogP contribution in [0.2, 0.25) is 0 Å². The third-order valence-corrected chi connectivity index (χ3v) is 4.41. The molecule has 2 aromatic rings. The summed E-state index contributed by atoms with van der Waals surface area (Å²) >= 11 is 5.40. The zero-order chi connectivity index (χ0) is 16.4. The number of hydrogen-bond acceptors (Lipinski definition) is 5. The number of nitrogens with zero attached hydrogens (tertiary/aromatic N) is 3. The van der Waals surface area contributed by atoms with Crippen molar-refractivity contribution in [2.45, 2.75) is 32.7 Å². The van der Waals surface area contributed by atoms with Crippen molar-refractivity contribution in [3.8, 4) is 17.1 Å². The van der Waals surface area contributed by atoms with Crippen LogP contribution in [-0.2, 0) is 11.4 Å². The van der Waals surface area contributed by atoms with Crippen LogP contribution in [0.5, 0.6) is 5.75 Å². The molecule has 7 heteroatoms. The Labute approximate surface area is 141 Å². The Morgan fingerprint density at radius 2 is 2.09 bits per heavy atom. The maximum absolute atomic E-state index is 5.67. The molecule has 1 aromatic carbocycles. The van der Waals surface area contributed by atoms with Gasteiger partial charge in [0.1, 0.15) is 5.75 Å². The summed E-state index contributed by atoms with van der Waals surface area (Å²) in [7, 11) is 1.65. The minimum atomic E-state index is 0.240. The number of benzene rings is 1. The number of nitrogens with one attached hydrogen (secondary N) is 1. The van der Waals surface area contributed by atoms with Crippen LogP contribution in [0.3, 0.4) is 0 Å². The fourth-order valence-electron chi connectivity index (χ4n) is 2.68. The van der Waals surface area contributed by atoms with E-state index in [9.17, 15) is 0 Å². The van der Waals surface area contributed by atoms with Crippen molar-refractivity contribution in [1.29, 1.82) is 0 Å². The van der Waals surface area contributed by atoms with Crippen molar-refractivity contribution in [3.63, 3.8) is 0 Å². The van der Waals surface area contributed by atoms with Gasteiger partial charge >= 0.3 is 0 Å². The fraction of sp³-hybridized carbons (Fsp3) is 0.500. The molecule has 1 N–H and O–H groups in total. The monoisotopic (exact) mass is 334 g/mol. The van der Waals surface area contributed by atoms with Gasteiger partial charge in [0.2, 0.25) is 4.77 Å². The molecule has 2 atom stereocenters. The smallest absolute Gasteiger partial charge is 0.217 e. The number of hydrogen-bond donors (Lipinski definition) is 1. The molecular formula is C16H22N4O2S. The lowest BCUT2D eigenvalue weighted by molar-refractivity contribution is -0.0624. The van der Waals surface area contributed by atoms with Crippen molar-refractivity contribution in [2.24, 2.45) is 0 Å². The molecule has 0 spiro atoms. The van der Waals surface area contributed by atoms with Gasteiger partial charge in [-0.3, -0.25) is 10.00 Å². The molecule has 1 aliphatic heterocycles. The lowest BCUT2D eigenvalue weighted by Crippen LogP contribution is -2.47. The number of methoxy groups -OCH3 is 1. The average Bonchev–Trinajstić information content (AvgIpc) is 2.92. The van der Waals surface area contributed by atoms with Gasteiger partial charge in [0.05, 0.1) is 26.5 Å². The van der Waals surface area contributed by atoms with Crippen LogP contribution in [0.25, 0.3) is 11.4 Å². The van der Waals surface area contributed by atoms with E-state index in [2.05, 4.69) is 28.8 Å². The highest BCUT2D eigenvalue weighted by Gasteiger charge is 2.24. The van der Waals surface area contributed by atoms with E-state index in [1.54, 1.807) is 7.11 Å². The van der Waals surface area contributed by atoms with Crippen LogP contribution >= 0.6 is 12.2 Å². The number of H-pyrrole nitrogens is 1. The maximum Gasteiger partial charge on any atom is 0.217 e. The van der Waals surface area contributed by atoms with E-state index in [0.29, 0.717) is 17.5 Å². The zero-order valence-electron chi connectivity index (χ0n) is 13.7. The largest absolute Gasteiger partial charge is 0.497 e. The molecule has 0 radical (unpaired) electrons. The molecule has 3 rings (SSSR count). The fourth-order valence-corrected chi connectivity index (χ4v) is 2.88. The topological polar surface area (TPSA) is 55.3 Å². The standard InChI is InChI=1S/C16H22N4O2S/c1-11-9-22-12(2)8-19(11)10-20-16(23)17-15(18-20)13-4-6-14(21-3)7-5-13/h4-7,11-12H,8-10H2,1-3H3,(H,17,18,23)/t11-,12-/m1/s1. The highest BCUT2D eigenvalue weighted by atomic mass is 32.1. The average molecular weight is 334 g/mol. The number of aromatic nitrogens is 3. The van der Waals surface area contributed by atoms with Gasteiger partial charge in [0.25, 0.3) is 0 Å². The molecule has 0 bridgehead atoms. The first-order chi connectivity index (χ1) is 11.1. The molecule has 0 aliphatic carbocycles. The quantitative estimate of drug-likeness (QED) is 0.871. The minimum absolute atomic E-state index is 0.240. The lowest BCUT2D eigenvalue weighted by atomic mass is 10.2. The molecule has 0 amide bonds. The van der Waals surface area contributed by atoms with E-state index >= 15 is 0 Å². The van der Waals surface area contributed by atoms with Gasteiger partial charge in [0, 0.05) is 18.2 Å². The summed E-state index contributed by atoms with van der Waals surface area (Å²) in [4.78, 5) is 6.82. The summed E-state index contributed by atoms with van der Waals surface area (Å²) in [5, 5.41) is 3.30. The van der Waals surface area contributed by atoms with Gasteiger partial charge in [-0.25, -0.2) is 4.68 Å². The summed E-state index contributed by atoms with van der Waals surface area (Å²) in [6.45, 7) is 6.58. The van der Waals surface area contributed by atoms with Crippen molar-refractivity contribution in [1.82, 2.24) is 19.7 Å². The number of ether oxygens (including phenoxy) is 2. The van der Waals surface area contributed by atoms with E-state index in [1.165, 1.54) is 0 Å². The molecule has 2 heterocycles. The molecule has 0 saturated carbocycles. The summed E-state index contributed by atoms with van der Waals surface area (Å²) in [5.74, 6) is 1.59. The molecule has 124 valence electrons. The number of aromatic amines is 1. The van der Waals surface area contributed by atoms with Gasteiger partial charge in [-0.05, 0) is 50.3 Å². The van der Waals surface area contributed by atoms with E-state index < -0.39 is 0 Å². The van der Waals surface area contributed by atoms with Crippen molar-refractivity contribution in [3.05, 3.63) is 29.0 Å². The first-order valence-corrected chi connectivity index (χ1v) is 8.14. The van der Waals surface area contributed by atoms with Gasteiger partial charge in [-0.15, -0.1) is 0 Å². The van der Waals surface area contributed by atoms with Crippen LogP contribution in [-0.4, -0.2) is 52.1 Å². The molecule has 1 aromatic heterocycles. The number of morpholine rings is 1. The summed E-state index contributed by atoms with van der Waals surface area (Å²) in [6, 6.07) is 8.13. The highest BCUT2D eigenvalue weighted by Crippen LogP contribution is 2.20. The Hall–Kier alpha value is -1.70. The van der Waals surface area contributed by atoms with Crippen molar-refractivity contribution >= 4 is 12.2 Å². The van der Waals surface area contributed by atoms with Crippen molar-refractivity contribution in [2.75, 3.05) is 20.3 Å². The third-order valence-electron chi connectivity index (χ3n) is 4.10. The SMILES string of the molecule is COc1ccc(-c2nc(=S)n(CN3C[C@@H](C)OC[C@H]3C)[nH]2)cc1. The normalized spacial score (nSPS) is 22.2. The first kappa shape index (κ1) is 16.2. The highest BCUT2D eigenvalue weighted by molar-refractivity contribution is 7.71. The third kappa shape index (κ3) is 3.63. The van der Waals surface area contributed by atoms with E-state index in [0.717, 1.165) is 30.3 Å². The molecule has 23 heavy (non-hydrogen) atoms. The minimum Gasteiger partial charge on any atom is -0.497 e. The van der Waals surface area contributed by atoms with Crippen LogP contribution in [0.1, 0.15) is 13.8 Å². The van der Waals surface area contributed by atoms with E-state index in [4.69, 9.17) is 21.7 Å². The molecule has 1 saturated heterocycles. The molecule has 0 unspecified atom stereocenters. The second-order valence-electron chi connectivity index (χ2n) is 5.92. The Morgan fingerprint density at radius 3 is 2.78 bits per heavy atom. The molecule has 1 fully saturated rings. The Morgan fingerprint density at radius 1 is 1.35 bits per heavy atom. The van der Waals surface area contributed by atoms with Crippen molar-refractivity contribution < 1.29 is 9.47 Å². The predicted octanol–water partition coefficient (Wildman–Crippen LogP) is 2.68. The number of rotatable bonds is 4. The predicted molar refractivity (Wildman–Crippen MR) is 91.0 cm³/mol. The second kappa shape index (κ2) is 6.82. The zero-order valence-corrected chi connectivity index (χ0v) is 14.5. The van der Waals surface area contributed by atoms with Gasteiger partial charge in [-0.2, -0.15) is 4.98 Å². The summed E-state index contributed by atoms with van der Waals surface area (Å²) in [6.07, 6.45) is 0.240. The van der Waals surface area contributed by atoms with E-state index in [1.807, 2.05) is 28.9 Å². The Bertz CT molecular complexity index is 710. The molecular weight excluding hydrogens is 312 g/mol. The Kier molecular flexibility index (Phi) is 4.79. The van der Waals surface area contributed by atoms with Gasteiger partial charge in [-0.1, -0.05) is 0 Å². The van der Waals surface area contributed by atoms with Crippen LogP contribution < -0.4 is 4.74 Å². The Balaban J connectivity index is 1.79. The summed E-state index contributed by atoms with van der Waals surface area (Å²) < 4.78 is 13.3. The van der Waals surface area contributed by atoms with Gasteiger partial charge < -0.3 is 9.47 Å². The molecule has 6 nitrogen and oxygen atoms in total. The van der Waals surface area contributed by atoms with Crippen LogP contribution in [0.4, 0.5) is 0 Å². The van der Waals surface area contributed by atoms with E-state index in [-0.39, 0.29) is 6.10 Å².